The first-order valence-corrected chi connectivity index (χ1v) is 6.49. The highest BCUT2D eigenvalue weighted by Crippen LogP contribution is 2.10. The van der Waals surface area contributed by atoms with Gasteiger partial charge < -0.3 is 0 Å². The van der Waals surface area contributed by atoms with Gasteiger partial charge in [-0.3, -0.25) is 9.48 Å². The highest BCUT2D eigenvalue weighted by Gasteiger charge is 2.06. The molecular weight excluding hydrogens is 327 g/mol. The van der Waals surface area contributed by atoms with Crippen molar-refractivity contribution in [1.82, 2.24) is 9.78 Å². The summed E-state index contributed by atoms with van der Waals surface area (Å²) in [6, 6.07) is 7.68. The second-order valence-corrected chi connectivity index (χ2v) is 5.20. The molecule has 0 amide bonds. The average molecular weight is 340 g/mol. The maximum Gasteiger partial charge on any atom is 0.163 e. The van der Waals surface area contributed by atoms with Gasteiger partial charge in [-0.15, -0.1) is 0 Å². The zero-order chi connectivity index (χ0) is 12.3. The van der Waals surface area contributed by atoms with Gasteiger partial charge in [0.05, 0.1) is 6.20 Å². The van der Waals surface area contributed by atoms with Gasteiger partial charge in [0.2, 0.25) is 0 Å². The zero-order valence-corrected chi connectivity index (χ0v) is 11.7. The van der Waals surface area contributed by atoms with Gasteiger partial charge in [-0.05, 0) is 46.7 Å². The summed E-state index contributed by atoms with van der Waals surface area (Å²) in [5, 5.41) is 4.08. The molecule has 4 heteroatoms. The number of Topliss-reactive ketones (excluding diaryl/α,β-unsaturated/α-hetero) is 1. The lowest BCUT2D eigenvalue weighted by Gasteiger charge is -2.00. The molecular formula is C13H13IN2O. The first-order valence-electron chi connectivity index (χ1n) is 5.41. The second-order valence-electron chi connectivity index (χ2n) is 3.95. The molecule has 3 nitrogen and oxygen atoms in total. The Morgan fingerprint density at radius 3 is 2.65 bits per heavy atom. The molecule has 0 spiro atoms. The number of carbonyl (C=O) groups is 1. The summed E-state index contributed by atoms with van der Waals surface area (Å²) in [6.45, 7) is 0. The largest absolute Gasteiger partial charge is 0.294 e. The van der Waals surface area contributed by atoms with Crippen LogP contribution in [0.5, 0.6) is 0 Å². The Bertz CT molecular complexity index is 516. The number of hydrogen-bond donors (Lipinski definition) is 0. The summed E-state index contributed by atoms with van der Waals surface area (Å²) in [5.41, 5.74) is 1.89. The van der Waals surface area contributed by atoms with Crippen LogP contribution in [0.25, 0.3) is 0 Å². The van der Waals surface area contributed by atoms with Crippen LogP contribution < -0.4 is 0 Å². The molecule has 2 rings (SSSR count). The Morgan fingerprint density at radius 1 is 1.35 bits per heavy atom. The summed E-state index contributed by atoms with van der Waals surface area (Å²) < 4.78 is 2.90. The summed E-state index contributed by atoms with van der Waals surface area (Å²) in [6.07, 6.45) is 5.04. The number of halogens is 1. The number of ketones is 1. The number of hydrogen-bond acceptors (Lipinski definition) is 2. The van der Waals surface area contributed by atoms with Crippen LogP contribution in [0.15, 0.2) is 36.7 Å². The van der Waals surface area contributed by atoms with E-state index in [0.29, 0.717) is 6.42 Å². The van der Waals surface area contributed by atoms with Gasteiger partial charge in [0.15, 0.2) is 5.78 Å². The molecule has 0 radical (unpaired) electrons. The van der Waals surface area contributed by atoms with Crippen LogP contribution in [0.1, 0.15) is 22.3 Å². The number of nitrogens with zero attached hydrogens (tertiary/aromatic N) is 2. The normalized spacial score (nSPS) is 10.5. The third kappa shape index (κ3) is 3.39. The molecule has 0 aliphatic heterocycles. The molecule has 0 aliphatic rings. The maximum atomic E-state index is 11.9. The van der Waals surface area contributed by atoms with E-state index in [-0.39, 0.29) is 5.78 Å². The van der Waals surface area contributed by atoms with Crippen molar-refractivity contribution >= 4 is 28.4 Å². The van der Waals surface area contributed by atoms with Crippen LogP contribution in [0.2, 0.25) is 0 Å². The van der Waals surface area contributed by atoms with E-state index in [0.717, 1.165) is 21.1 Å². The van der Waals surface area contributed by atoms with Gasteiger partial charge >= 0.3 is 0 Å². The Morgan fingerprint density at radius 2 is 2.06 bits per heavy atom. The molecule has 0 fully saturated rings. The van der Waals surface area contributed by atoms with E-state index < -0.39 is 0 Å². The molecule has 0 bridgehead atoms. The quantitative estimate of drug-likeness (QED) is 0.634. The van der Waals surface area contributed by atoms with E-state index in [2.05, 4.69) is 27.7 Å². The van der Waals surface area contributed by atoms with Crippen molar-refractivity contribution < 1.29 is 4.79 Å². The molecule has 88 valence electrons. The van der Waals surface area contributed by atoms with E-state index in [9.17, 15) is 4.79 Å². The van der Waals surface area contributed by atoms with Crippen molar-refractivity contribution in [1.29, 1.82) is 0 Å². The third-order valence-corrected chi connectivity index (χ3v) is 3.28. The molecule has 0 atom stereocenters. The van der Waals surface area contributed by atoms with Crippen LogP contribution in [-0.4, -0.2) is 15.6 Å². The van der Waals surface area contributed by atoms with Crippen LogP contribution in [-0.2, 0) is 13.5 Å². The van der Waals surface area contributed by atoms with Crippen molar-refractivity contribution in [3.8, 4) is 0 Å². The number of aryl methyl sites for hydroxylation is 2. The molecule has 1 aromatic carbocycles. The molecule has 1 aromatic heterocycles. The van der Waals surface area contributed by atoms with Crippen molar-refractivity contribution in [2.45, 2.75) is 12.8 Å². The lowest BCUT2D eigenvalue weighted by Crippen LogP contribution is -2.00. The molecule has 2 aromatic rings. The first kappa shape index (κ1) is 12.3. The number of carbonyl (C=O) groups excluding carboxylic acids is 1. The average Bonchev–Trinajstić information content (AvgIpc) is 2.73. The van der Waals surface area contributed by atoms with E-state index in [1.165, 1.54) is 0 Å². The SMILES string of the molecule is Cn1cc(CCC(=O)c2ccc(I)cc2)cn1. The van der Waals surface area contributed by atoms with E-state index in [1.54, 1.807) is 10.9 Å². The van der Waals surface area contributed by atoms with Crippen LogP contribution in [0, 0.1) is 3.57 Å². The smallest absolute Gasteiger partial charge is 0.163 e. The zero-order valence-electron chi connectivity index (χ0n) is 9.56. The fourth-order valence-corrected chi connectivity index (χ4v) is 2.00. The van der Waals surface area contributed by atoms with Crippen LogP contribution >= 0.6 is 22.6 Å². The molecule has 0 aliphatic carbocycles. The molecule has 1 heterocycles. The van der Waals surface area contributed by atoms with Crippen molar-refractivity contribution in [3.05, 3.63) is 51.4 Å². The van der Waals surface area contributed by atoms with Crippen molar-refractivity contribution in [3.63, 3.8) is 0 Å². The fraction of sp³-hybridized carbons (Fsp3) is 0.231. The summed E-state index contributed by atoms with van der Waals surface area (Å²) >= 11 is 2.23. The van der Waals surface area contributed by atoms with E-state index in [1.807, 2.05) is 37.5 Å². The molecule has 0 saturated carbocycles. The second kappa shape index (κ2) is 5.44. The standard InChI is InChI=1S/C13H13IN2O/c1-16-9-10(8-15-16)2-7-13(17)11-3-5-12(14)6-4-11/h3-6,8-9H,2,7H2,1H3. The molecule has 0 saturated heterocycles. The summed E-state index contributed by atoms with van der Waals surface area (Å²) in [5.74, 6) is 0.185. The van der Waals surface area contributed by atoms with E-state index >= 15 is 0 Å². The topological polar surface area (TPSA) is 34.9 Å². The first-order chi connectivity index (χ1) is 8.15. The van der Waals surface area contributed by atoms with Gasteiger partial charge in [-0.25, -0.2) is 0 Å². The number of aromatic nitrogens is 2. The Kier molecular flexibility index (Phi) is 3.93. The van der Waals surface area contributed by atoms with Gasteiger partial charge in [0.1, 0.15) is 0 Å². The monoisotopic (exact) mass is 340 g/mol. The highest BCUT2D eigenvalue weighted by atomic mass is 127. The van der Waals surface area contributed by atoms with Crippen LogP contribution in [0.3, 0.4) is 0 Å². The summed E-state index contributed by atoms with van der Waals surface area (Å²) in [4.78, 5) is 11.9. The Hall–Kier alpha value is -1.17. The Labute approximate surface area is 114 Å². The fourth-order valence-electron chi connectivity index (χ4n) is 1.64. The number of benzene rings is 1. The summed E-state index contributed by atoms with van der Waals surface area (Å²) in [7, 11) is 1.88. The number of rotatable bonds is 4. The lowest BCUT2D eigenvalue weighted by molar-refractivity contribution is 0.0983. The highest BCUT2D eigenvalue weighted by molar-refractivity contribution is 14.1. The molecule has 0 unspecified atom stereocenters. The third-order valence-electron chi connectivity index (χ3n) is 2.57. The van der Waals surface area contributed by atoms with E-state index in [4.69, 9.17) is 0 Å². The molecule has 0 N–H and O–H groups in total. The minimum absolute atomic E-state index is 0.185. The van der Waals surface area contributed by atoms with Crippen molar-refractivity contribution in [2.75, 3.05) is 0 Å². The molecule has 17 heavy (non-hydrogen) atoms. The maximum absolute atomic E-state index is 11.9. The minimum Gasteiger partial charge on any atom is -0.294 e. The lowest BCUT2D eigenvalue weighted by atomic mass is 10.0. The van der Waals surface area contributed by atoms with Gasteiger partial charge in [0, 0.05) is 28.8 Å². The predicted octanol–water partition coefficient (Wildman–Crippen LogP) is 2.84. The Balaban J connectivity index is 1.95. The van der Waals surface area contributed by atoms with Gasteiger partial charge in [-0.2, -0.15) is 5.10 Å². The predicted molar refractivity (Wildman–Crippen MR) is 75.0 cm³/mol. The van der Waals surface area contributed by atoms with Crippen molar-refractivity contribution in [2.24, 2.45) is 7.05 Å². The van der Waals surface area contributed by atoms with Crippen LogP contribution in [0.4, 0.5) is 0 Å². The minimum atomic E-state index is 0.185. The van der Waals surface area contributed by atoms with Gasteiger partial charge in [0.25, 0.3) is 0 Å². The van der Waals surface area contributed by atoms with Gasteiger partial charge in [-0.1, -0.05) is 12.1 Å².